The number of piperidine rings is 1. The summed E-state index contributed by atoms with van der Waals surface area (Å²) in [5.74, 6) is 0.0201. The minimum atomic E-state index is -4.46. The van der Waals surface area contributed by atoms with Crippen LogP contribution in [-0.4, -0.2) is 44.8 Å². The van der Waals surface area contributed by atoms with Crippen LogP contribution in [0.1, 0.15) is 40.5 Å². The van der Waals surface area contributed by atoms with E-state index in [1.165, 1.54) is 22.2 Å². The lowest BCUT2D eigenvalue weighted by molar-refractivity contribution is -0.137. The first-order chi connectivity index (χ1) is 14.3. The molecule has 1 aliphatic heterocycles. The lowest BCUT2D eigenvalue weighted by atomic mass is 9.96. The molecule has 3 aromatic rings. The summed E-state index contributed by atoms with van der Waals surface area (Å²) in [6, 6.07) is 7.61. The molecule has 1 atom stereocenters. The zero-order valence-corrected chi connectivity index (χ0v) is 17.6. The van der Waals surface area contributed by atoms with Gasteiger partial charge in [0.2, 0.25) is 0 Å². The fraction of sp³-hybridized carbons (Fsp3) is 0.350. The molecule has 1 saturated heterocycles. The summed E-state index contributed by atoms with van der Waals surface area (Å²) in [6.45, 7) is 0.898. The van der Waals surface area contributed by atoms with Crippen LogP contribution in [0.3, 0.4) is 0 Å². The second kappa shape index (κ2) is 8.11. The normalized spacial score (nSPS) is 17.5. The summed E-state index contributed by atoms with van der Waals surface area (Å²) >= 11 is 7.77. The first-order valence-corrected chi connectivity index (χ1v) is 10.9. The molecule has 3 heterocycles. The minimum Gasteiger partial charge on any atom is -0.338 e. The smallest absolute Gasteiger partial charge is 0.338 e. The van der Waals surface area contributed by atoms with Crippen LogP contribution >= 0.6 is 23.4 Å². The number of alkyl halides is 3. The van der Waals surface area contributed by atoms with Crippen molar-refractivity contribution >= 4 is 34.9 Å². The van der Waals surface area contributed by atoms with E-state index >= 15 is 0 Å². The largest absolute Gasteiger partial charge is 0.417 e. The van der Waals surface area contributed by atoms with Crippen molar-refractivity contribution in [3.8, 4) is 0 Å². The summed E-state index contributed by atoms with van der Waals surface area (Å²) in [6.07, 6.45) is -0.100. The first-order valence-electron chi connectivity index (χ1n) is 9.32. The van der Waals surface area contributed by atoms with Gasteiger partial charge in [0.15, 0.2) is 5.65 Å². The van der Waals surface area contributed by atoms with Gasteiger partial charge in [-0.15, -0.1) is 22.0 Å². The molecular weight excluding hydrogens is 437 g/mol. The van der Waals surface area contributed by atoms with E-state index in [9.17, 15) is 18.0 Å². The molecule has 30 heavy (non-hydrogen) atoms. The number of benzene rings is 1. The molecule has 0 aliphatic carbocycles. The molecular formula is C20H18ClF3N4OS. The van der Waals surface area contributed by atoms with Crippen molar-refractivity contribution in [1.29, 1.82) is 0 Å². The van der Waals surface area contributed by atoms with E-state index < -0.39 is 11.7 Å². The standard InChI is InChI=1S/C20H18ClF3N4OS/c1-30-14-5-6-16(21)15(9-14)19(29)27-8-2-3-12(10-27)18-26-25-17-7-4-13(11-28(17)18)20(22,23)24/h4-7,9,11-12H,2-3,8,10H2,1H3. The van der Waals surface area contributed by atoms with Crippen LogP contribution in [0.15, 0.2) is 41.4 Å². The number of aromatic nitrogens is 3. The van der Waals surface area contributed by atoms with E-state index in [0.717, 1.165) is 17.2 Å². The number of carbonyl (C=O) groups excluding carboxylic acids is 1. The Kier molecular flexibility index (Phi) is 5.67. The van der Waals surface area contributed by atoms with Gasteiger partial charge in [0.25, 0.3) is 5.91 Å². The maximum Gasteiger partial charge on any atom is 0.417 e. The van der Waals surface area contributed by atoms with E-state index in [2.05, 4.69) is 10.2 Å². The fourth-order valence-corrected chi connectivity index (χ4v) is 4.33. The molecule has 5 nitrogen and oxygen atoms in total. The van der Waals surface area contributed by atoms with Crippen LogP contribution in [0.2, 0.25) is 5.02 Å². The van der Waals surface area contributed by atoms with Crippen molar-refractivity contribution in [3.05, 3.63) is 58.5 Å². The van der Waals surface area contributed by atoms with E-state index in [0.29, 0.717) is 48.0 Å². The van der Waals surface area contributed by atoms with Crippen LogP contribution < -0.4 is 0 Å². The number of hydrogen-bond acceptors (Lipinski definition) is 4. The molecule has 0 radical (unpaired) electrons. The zero-order chi connectivity index (χ0) is 21.5. The molecule has 0 bridgehead atoms. The Morgan fingerprint density at radius 3 is 2.77 bits per heavy atom. The number of carbonyl (C=O) groups is 1. The highest BCUT2D eigenvalue weighted by molar-refractivity contribution is 7.98. The highest BCUT2D eigenvalue weighted by Gasteiger charge is 2.33. The number of amides is 1. The summed E-state index contributed by atoms with van der Waals surface area (Å²) in [7, 11) is 0. The van der Waals surface area contributed by atoms with Crippen molar-refractivity contribution in [1.82, 2.24) is 19.5 Å². The highest BCUT2D eigenvalue weighted by atomic mass is 35.5. The van der Waals surface area contributed by atoms with Crippen LogP contribution in [0, 0.1) is 0 Å². The van der Waals surface area contributed by atoms with Gasteiger partial charge in [-0.25, -0.2) is 0 Å². The van der Waals surface area contributed by atoms with Crippen molar-refractivity contribution < 1.29 is 18.0 Å². The van der Waals surface area contributed by atoms with Crippen LogP contribution in [0.5, 0.6) is 0 Å². The average Bonchev–Trinajstić information content (AvgIpc) is 3.16. The number of thioether (sulfide) groups is 1. The summed E-state index contributed by atoms with van der Waals surface area (Å²) in [5.41, 5.74) is 0.00671. The van der Waals surface area contributed by atoms with E-state index in [4.69, 9.17) is 11.6 Å². The molecule has 1 fully saturated rings. The predicted molar refractivity (Wildman–Crippen MR) is 109 cm³/mol. The zero-order valence-electron chi connectivity index (χ0n) is 16.0. The van der Waals surface area contributed by atoms with Gasteiger partial charge < -0.3 is 4.90 Å². The van der Waals surface area contributed by atoms with Crippen LogP contribution in [-0.2, 0) is 6.18 Å². The second-order valence-corrected chi connectivity index (χ2v) is 8.42. The Bertz CT molecular complexity index is 1100. The Hall–Kier alpha value is -2.26. The number of nitrogens with zero attached hydrogens (tertiary/aromatic N) is 4. The summed E-state index contributed by atoms with van der Waals surface area (Å²) in [4.78, 5) is 15.7. The van der Waals surface area contributed by atoms with Crippen molar-refractivity contribution in [3.63, 3.8) is 0 Å². The van der Waals surface area contributed by atoms with Gasteiger partial charge in [-0.05, 0) is 49.4 Å². The van der Waals surface area contributed by atoms with Crippen LogP contribution in [0.25, 0.3) is 5.65 Å². The maximum atomic E-state index is 13.1. The van der Waals surface area contributed by atoms with Gasteiger partial charge in [0.05, 0.1) is 16.1 Å². The average molecular weight is 455 g/mol. The number of halogens is 4. The Labute approximate surface area is 180 Å². The lowest BCUT2D eigenvalue weighted by Crippen LogP contribution is -2.39. The molecule has 0 N–H and O–H groups in total. The maximum absolute atomic E-state index is 13.1. The van der Waals surface area contributed by atoms with Gasteiger partial charge in [0.1, 0.15) is 5.82 Å². The fourth-order valence-electron chi connectivity index (χ4n) is 3.69. The van der Waals surface area contributed by atoms with Gasteiger partial charge in [-0.2, -0.15) is 13.2 Å². The molecule has 1 amide bonds. The number of hydrogen-bond donors (Lipinski definition) is 0. The Balaban J connectivity index is 1.62. The molecule has 2 aromatic heterocycles. The summed E-state index contributed by atoms with van der Waals surface area (Å²) < 4.78 is 40.8. The van der Waals surface area contributed by atoms with Gasteiger partial charge in [-0.3, -0.25) is 9.20 Å². The summed E-state index contributed by atoms with van der Waals surface area (Å²) in [5, 5.41) is 8.51. The molecule has 0 spiro atoms. The third-order valence-corrected chi connectivity index (χ3v) is 6.29. The van der Waals surface area contributed by atoms with Crippen molar-refractivity contribution in [2.75, 3.05) is 19.3 Å². The number of rotatable bonds is 3. The monoisotopic (exact) mass is 454 g/mol. The molecule has 10 heteroatoms. The minimum absolute atomic E-state index is 0.189. The molecule has 1 aliphatic rings. The Morgan fingerprint density at radius 2 is 2.03 bits per heavy atom. The van der Waals surface area contributed by atoms with Crippen LogP contribution in [0.4, 0.5) is 13.2 Å². The van der Waals surface area contributed by atoms with Gasteiger partial charge in [0, 0.05) is 30.1 Å². The molecule has 4 rings (SSSR count). The first kappa shape index (κ1) is 21.0. The van der Waals surface area contributed by atoms with E-state index in [1.54, 1.807) is 17.0 Å². The third kappa shape index (κ3) is 4.00. The molecule has 1 unspecified atom stereocenters. The second-order valence-electron chi connectivity index (χ2n) is 7.14. The quantitative estimate of drug-likeness (QED) is 0.514. The SMILES string of the molecule is CSc1ccc(Cl)c(C(=O)N2CCCC(c3nnc4ccc(C(F)(F)F)cn34)C2)c1. The third-order valence-electron chi connectivity index (χ3n) is 5.23. The van der Waals surface area contributed by atoms with Gasteiger partial charge >= 0.3 is 6.18 Å². The predicted octanol–water partition coefficient (Wildman–Crippen LogP) is 5.14. The van der Waals surface area contributed by atoms with E-state index in [-0.39, 0.29) is 11.8 Å². The molecule has 1 aromatic carbocycles. The lowest BCUT2D eigenvalue weighted by Gasteiger charge is -2.32. The topological polar surface area (TPSA) is 50.5 Å². The highest BCUT2D eigenvalue weighted by Crippen LogP contribution is 2.32. The van der Waals surface area contributed by atoms with Crippen molar-refractivity contribution in [2.45, 2.75) is 29.8 Å². The number of pyridine rings is 1. The number of fused-ring (bicyclic) bond motifs is 1. The van der Waals surface area contributed by atoms with E-state index in [1.807, 2.05) is 12.3 Å². The van der Waals surface area contributed by atoms with Crippen molar-refractivity contribution in [2.24, 2.45) is 0 Å². The molecule has 158 valence electrons. The Morgan fingerprint density at radius 1 is 1.23 bits per heavy atom. The van der Waals surface area contributed by atoms with Gasteiger partial charge in [-0.1, -0.05) is 11.6 Å². The molecule has 0 saturated carbocycles. The number of likely N-dealkylation sites (tertiary alicyclic amines) is 1.